The SMILES string of the molecule is O=[N+]([O-])c1cc(S(=O)(=O)N2CCCC2)ccc1NN=C1CCCCCC1. The predicted molar refractivity (Wildman–Crippen MR) is 99.8 cm³/mol. The predicted octanol–water partition coefficient (Wildman–Crippen LogP) is 3.50. The summed E-state index contributed by atoms with van der Waals surface area (Å²) in [5.74, 6) is 0. The molecule has 142 valence electrons. The third kappa shape index (κ3) is 4.21. The van der Waals surface area contributed by atoms with Crippen LogP contribution in [0.25, 0.3) is 0 Å². The Balaban J connectivity index is 1.85. The zero-order valence-electron chi connectivity index (χ0n) is 14.7. The van der Waals surface area contributed by atoms with Crippen molar-refractivity contribution in [3.63, 3.8) is 0 Å². The first-order chi connectivity index (χ1) is 12.5. The van der Waals surface area contributed by atoms with Crippen LogP contribution in [-0.2, 0) is 10.0 Å². The lowest BCUT2D eigenvalue weighted by Crippen LogP contribution is -2.27. The van der Waals surface area contributed by atoms with Gasteiger partial charge in [-0.15, -0.1) is 0 Å². The van der Waals surface area contributed by atoms with E-state index in [0.717, 1.165) is 50.3 Å². The second-order valence-electron chi connectivity index (χ2n) is 6.75. The van der Waals surface area contributed by atoms with Crippen molar-refractivity contribution in [2.45, 2.75) is 56.3 Å². The Hall–Kier alpha value is -2.00. The van der Waals surface area contributed by atoms with Gasteiger partial charge in [0.1, 0.15) is 5.69 Å². The van der Waals surface area contributed by atoms with E-state index in [1.54, 1.807) is 0 Å². The molecule has 8 nitrogen and oxygen atoms in total. The van der Waals surface area contributed by atoms with E-state index in [9.17, 15) is 18.5 Å². The van der Waals surface area contributed by atoms with Gasteiger partial charge in [0.05, 0.1) is 9.82 Å². The molecule has 1 saturated heterocycles. The molecule has 0 radical (unpaired) electrons. The molecule has 1 saturated carbocycles. The molecule has 26 heavy (non-hydrogen) atoms. The maximum absolute atomic E-state index is 12.6. The van der Waals surface area contributed by atoms with Crippen LogP contribution >= 0.6 is 0 Å². The number of nitrogens with zero attached hydrogens (tertiary/aromatic N) is 3. The van der Waals surface area contributed by atoms with Crippen molar-refractivity contribution in [3.05, 3.63) is 28.3 Å². The van der Waals surface area contributed by atoms with Gasteiger partial charge in [-0.2, -0.15) is 9.41 Å². The highest BCUT2D eigenvalue weighted by Gasteiger charge is 2.29. The van der Waals surface area contributed by atoms with Crippen LogP contribution in [0.5, 0.6) is 0 Å². The van der Waals surface area contributed by atoms with Gasteiger partial charge in [-0.1, -0.05) is 12.8 Å². The molecule has 1 aliphatic carbocycles. The van der Waals surface area contributed by atoms with E-state index in [4.69, 9.17) is 0 Å². The smallest absolute Gasteiger partial charge is 0.272 e. The van der Waals surface area contributed by atoms with Gasteiger partial charge in [-0.25, -0.2) is 8.42 Å². The minimum atomic E-state index is -3.69. The maximum atomic E-state index is 12.6. The van der Waals surface area contributed by atoms with Crippen LogP contribution < -0.4 is 5.43 Å². The summed E-state index contributed by atoms with van der Waals surface area (Å²) < 4.78 is 26.6. The van der Waals surface area contributed by atoms with Gasteiger partial charge < -0.3 is 0 Å². The molecule has 1 N–H and O–H groups in total. The molecule has 0 bridgehead atoms. The van der Waals surface area contributed by atoms with E-state index < -0.39 is 14.9 Å². The molecule has 9 heteroatoms. The number of hydrogen-bond acceptors (Lipinski definition) is 6. The fourth-order valence-corrected chi connectivity index (χ4v) is 4.92. The highest BCUT2D eigenvalue weighted by molar-refractivity contribution is 7.89. The van der Waals surface area contributed by atoms with E-state index in [2.05, 4.69) is 10.5 Å². The van der Waals surface area contributed by atoms with Gasteiger partial charge in [0.2, 0.25) is 10.0 Å². The summed E-state index contributed by atoms with van der Waals surface area (Å²) >= 11 is 0. The van der Waals surface area contributed by atoms with Gasteiger partial charge in [0, 0.05) is 24.9 Å². The molecule has 1 aromatic carbocycles. The fraction of sp³-hybridized carbons (Fsp3) is 0.588. The molecule has 1 heterocycles. The number of anilines is 1. The normalized spacial score (nSPS) is 19.2. The monoisotopic (exact) mass is 380 g/mol. The van der Waals surface area contributed by atoms with Crippen molar-refractivity contribution in [3.8, 4) is 0 Å². The Labute approximate surface area is 153 Å². The maximum Gasteiger partial charge on any atom is 0.295 e. The molecule has 0 spiro atoms. The van der Waals surface area contributed by atoms with Crippen LogP contribution in [0.15, 0.2) is 28.2 Å². The van der Waals surface area contributed by atoms with Gasteiger partial charge >= 0.3 is 0 Å². The Morgan fingerprint density at radius 1 is 1.04 bits per heavy atom. The zero-order valence-corrected chi connectivity index (χ0v) is 15.5. The minimum Gasteiger partial charge on any atom is -0.272 e. The molecule has 0 atom stereocenters. The van der Waals surface area contributed by atoms with Crippen LogP contribution in [0.2, 0.25) is 0 Å². The molecule has 0 aromatic heterocycles. The van der Waals surface area contributed by atoms with Gasteiger partial charge in [0.15, 0.2) is 0 Å². The first kappa shape index (κ1) is 18.8. The van der Waals surface area contributed by atoms with Crippen LogP contribution in [0.1, 0.15) is 51.4 Å². The minimum absolute atomic E-state index is 0.0428. The second kappa shape index (κ2) is 8.13. The molecule has 1 aromatic rings. The molecule has 1 aliphatic heterocycles. The summed E-state index contributed by atoms with van der Waals surface area (Å²) in [5, 5.41) is 15.8. The summed E-state index contributed by atoms with van der Waals surface area (Å²) in [6.07, 6.45) is 7.94. The van der Waals surface area contributed by atoms with Gasteiger partial charge in [-0.05, 0) is 50.7 Å². The Morgan fingerprint density at radius 2 is 1.69 bits per heavy atom. The van der Waals surface area contributed by atoms with E-state index >= 15 is 0 Å². The standard InChI is InChI=1S/C17H24N4O4S/c22-21(23)17-13-15(26(24,25)20-11-5-6-12-20)9-10-16(17)19-18-14-7-3-1-2-4-8-14/h9-10,13,19H,1-8,11-12H2. The number of hydrazone groups is 1. The first-order valence-electron chi connectivity index (χ1n) is 9.08. The molecule has 0 amide bonds. The number of sulfonamides is 1. The van der Waals surface area contributed by atoms with E-state index in [1.165, 1.54) is 29.3 Å². The van der Waals surface area contributed by atoms with Crippen molar-refractivity contribution < 1.29 is 13.3 Å². The summed E-state index contributed by atoms with van der Waals surface area (Å²) in [5.41, 5.74) is 3.72. The van der Waals surface area contributed by atoms with Crippen LogP contribution in [-0.4, -0.2) is 36.4 Å². The lowest BCUT2D eigenvalue weighted by atomic mass is 10.2. The first-order valence-corrected chi connectivity index (χ1v) is 10.5. The number of nitrogens with one attached hydrogen (secondary N) is 1. The molecule has 0 unspecified atom stereocenters. The number of rotatable bonds is 5. The molecule has 3 rings (SSSR count). The van der Waals surface area contributed by atoms with E-state index in [1.807, 2.05) is 0 Å². The molecule has 2 aliphatic rings. The van der Waals surface area contributed by atoms with Crippen molar-refractivity contribution in [2.24, 2.45) is 5.10 Å². The lowest BCUT2D eigenvalue weighted by Gasteiger charge is -2.15. The summed E-state index contributed by atoms with van der Waals surface area (Å²) in [6, 6.07) is 3.97. The largest absolute Gasteiger partial charge is 0.295 e. The average molecular weight is 380 g/mol. The van der Waals surface area contributed by atoms with Crippen LogP contribution in [0.4, 0.5) is 11.4 Å². The van der Waals surface area contributed by atoms with Gasteiger partial charge in [0.25, 0.3) is 5.69 Å². The Kier molecular flexibility index (Phi) is 5.87. The highest BCUT2D eigenvalue weighted by Crippen LogP contribution is 2.30. The summed E-state index contributed by atoms with van der Waals surface area (Å²) in [7, 11) is -3.69. The summed E-state index contributed by atoms with van der Waals surface area (Å²) in [4.78, 5) is 10.8. The topological polar surface area (TPSA) is 105 Å². The fourth-order valence-electron chi connectivity index (χ4n) is 3.38. The Morgan fingerprint density at radius 3 is 2.31 bits per heavy atom. The summed E-state index contributed by atoms with van der Waals surface area (Å²) in [6.45, 7) is 0.924. The van der Waals surface area contributed by atoms with Crippen LogP contribution in [0, 0.1) is 10.1 Å². The van der Waals surface area contributed by atoms with Crippen molar-refractivity contribution in [2.75, 3.05) is 18.5 Å². The van der Waals surface area contributed by atoms with Crippen LogP contribution in [0.3, 0.4) is 0 Å². The number of nitro groups is 1. The third-order valence-corrected chi connectivity index (χ3v) is 6.78. The van der Waals surface area contributed by atoms with Crippen molar-refractivity contribution in [1.29, 1.82) is 0 Å². The van der Waals surface area contributed by atoms with Gasteiger partial charge in [-0.3, -0.25) is 15.5 Å². The quantitative estimate of drug-likeness (QED) is 0.478. The second-order valence-corrected chi connectivity index (χ2v) is 8.69. The van der Waals surface area contributed by atoms with Crippen molar-refractivity contribution >= 4 is 27.1 Å². The number of benzene rings is 1. The molecular formula is C17H24N4O4S. The number of hydrogen-bond donors (Lipinski definition) is 1. The lowest BCUT2D eigenvalue weighted by molar-refractivity contribution is -0.384. The zero-order chi connectivity index (χ0) is 18.6. The Bertz CT molecular complexity index is 791. The number of nitro benzene ring substituents is 1. The van der Waals surface area contributed by atoms with E-state index in [0.29, 0.717) is 13.1 Å². The molecule has 2 fully saturated rings. The van der Waals surface area contributed by atoms with E-state index in [-0.39, 0.29) is 16.3 Å². The third-order valence-electron chi connectivity index (χ3n) is 4.88. The molecular weight excluding hydrogens is 356 g/mol. The van der Waals surface area contributed by atoms with Crippen molar-refractivity contribution in [1.82, 2.24) is 4.31 Å². The highest BCUT2D eigenvalue weighted by atomic mass is 32.2. The average Bonchev–Trinajstić information content (AvgIpc) is 3.05.